The first-order valence-corrected chi connectivity index (χ1v) is 8.00. The lowest BCUT2D eigenvalue weighted by Gasteiger charge is -2.57. The van der Waals surface area contributed by atoms with E-state index in [1.54, 1.807) is 7.11 Å². The van der Waals surface area contributed by atoms with Crippen LogP contribution in [0, 0.1) is 0 Å². The molecule has 4 rings (SSSR count). The highest BCUT2D eigenvalue weighted by Gasteiger charge is 2.44. The number of aromatic nitrogens is 2. The number of benzene rings is 1. The highest BCUT2D eigenvalue weighted by molar-refractivity contribution is 5.84. The zero-order valence-corrected chi connectivity index (χ0v) is 13.9. The molecule has 2 fully saturated rings. The summed E-state index contributed by atoms with van der Waals surface area (Å²) in [6.07, 6.45) is 5.20. The SMILES string of the molecule is COc1cc(N2C3CC2CN(C)C3)c(-c2cnn(C)c2)cc1N. The van der Waals surface area contributed by atoms with E-state index >= 15 is 0 Å². The fourth-order valence-electron chi connectivity index (χ4n) is 3.98. The maximum atomic E-state index is 6.16. The van der Waals surface area contributed by atoms with E-state index < -0.39 is 0 Å². The molecule has 0 spiro atoms. The third-order valence-electron chi connectivity index (χ3n) is 5.02. The Labute approximate surface area is 136 Å². The summed E-state index contributed by atoms with van der Waals surface area (Å²) >= 11 is 0. The number of likely N-dealkylation sites (tertiary alicyclic amines) is 1. The van der Waals surface area contributed by atoms with Gasteiger partial charge in [0.1, 0.15) is 5.75 Å². The summed E-state index contributed by atoms with van der Waals surface area (Å²) in [5.74, 6) is 0.742. The molecule has 0 saturated carbocycles. The number of fused-ring (bicyclic) bond motifs is 2. The fourth-order valence-corrected chi connectivity index (χ4v) is 3.98. The molecule has 2 N–H and O–H groups in total. The van der Waals surface area contributed by atoms with E-state index in [2.05, 4.69) is 28.0 Å². The molecule has 3 heterocycles. The van der Waals surface area contributed by atoms with Crippen molar-refractivity contribution in [3.8, 4) is 16.9 Å². The van der Waals surface area contributed by atoms with Crippen molar-refractivity contribution in [1.82, 2.24) is 14.7 Å². The molecule has 6 nitrogen and oxygen atoms in total. The molecule has 6 heteroatoms. The van der Waals surface area contributed by atoms with Crippen LogP contribution in [0.2, 0.25) is 0 Å². The number of ether oxygens (including phenoxy) is 1. The Morgan fingerprint density at radius 2 is 1.96 bits per heavy atom. The van der Waals surface area contributed by atoms with Gasteiger partial charge >= 0.3 is 0 Å². The zero-order chi connectivity index (χ0) is 16.1. The van der Waals surface area contributed by atoms with E-state index in [9.17, 15) is 0 Å². The molecule has 1 aromatic heterocycles. The van der Waals surface area contributed by atoms with Gasteiger partial charge in [-0.1, -0.05) is 0 Å². The van der Waals surface area contributed by atoms with E-state index in [4.69, 9.17) is 10.5 Å². The highest BCUT2D eigenvalue weighted by Crippen LogP contribution is 2.44. The van der Waals surface area contributed by atoms with Crippen LogP contribution in [0.15, 0.2) is 24.5 Å². The quantitative estimate of drug-likeness (QED) is 0.872. The molecule has 122 valence electrons. The van der Waals surface area contributed by atoms with Crippen molar-refractivity contribution in [2.75, 3.05) is 37.9 Å². The van der Waals surface area contributed by atoms with Crippen molar-refractivity contribution < 1.29 is 4.74 Å². The molecular weight excluding hydrogens is 290 g/mol. The van der Waals surface area contributed by atoms with Gasteiger partial charge in [0.05, 0.1) is 19.0 Å². The zero-order valence-electron chi connectivity index (χ0n) is 13.9. The Morgan fingerprint density at radius 1 is 1.22 bits per heavy atom. The minimum absolute atomic E-state index is 0.572. The van der Waals surface area contributed by atoms with E-state index in [1.165, 1.54) is 12.1 Å². The van der Waals surface area contributed by atoms with Crippen LogP contribution in [0.1, 0.15) is 6.42 Å². The molecule has 0 radical (unpaired) electrons. The molecule has 2 bridgehead atoms. The second-order valence-corrected chi connectivity index (χ2v) is 6.69. The largest absolute Gasteiger partial charge is 0.495 e. The van der Waals surface area contributed by atoms with Gasteiger partial charge in [-0.2, -0.15) is 5.10 Å². The lowest BCUT2D eigenvalue weighted by Crippen LogP contribution is -2.68. The van der Waals surface area contributed by atoms with Crippen LogP contribution >= 0.6 is 0 Å². The standard InChI is InChI=1S/C17H23N5O/c1-20-9-12-4-13(10-20)22(12)16-6-17(23-3)15(18)5-14(16)11-7-19-21(2)8-11/h5-8,12-13H,4,9-10,18H2,1-3H3. The smallest absolute Gasteiger partial charge is 0.143 e. The Bertz CT molecular complexity index is 729. The number of nitrogens with two attached hydrogens (primary N) is 1. The van der Waals surface area contributed by atoms with Gasteiger partial charge < -0.3 is 20.3 Å². The second-order valence-electron chi connectivity index (χ2n) is 6.69. The van der Waals surface area contributed by atoms with E-state index in [1.807, 2.05) is 30.2 Å². The number of rotatable bonds is 3. The Hall–Kier alpha value is -2.21. The Balaban J connectivity index is 1.81. The number of hydrogen-bond acceptors (Lipinski definition) is 5. The summed E-state index contributed by atoms with van der Waals surface area (Å²) in [4.78, 5) is 4.94. The van der Waals surface area contributed by atoms with E-state index in [0.717, 1.165) is 30.0 Å². The molecule has 2 aromatic rings. The third-order valence-corrected chi connectivity index (χ3v) is 5.02. The normalized spacial score (nSPS) is 23.7. The van der Waals surface area contributed by atoms with Gasteiger partial charge in [-0.05, 0) is 19.5 Å². The summed E-state index contributed by atoms with van der Waals surface area (Å²) in [6, 6.07) is 5.25. The summed E-state index contributed by atoms with van der Waals surface area (Å²) < 4.78 is 7.28. The van der Waals surface area contributed by atoms with Crippen LogP contribution in [-0.4, -0.2) is 54.0 Å². The summed E-state index contributed by atoms with van der Waals surface area (Å²) in [6.45, 7) is 2.21. The molecule has 1 aromatic carbocycles. The fraction of sp³-hybridized carbons (Fsp3) is 0.471. The van der Waals surface area contributed by atoms with Gasteiger partial charge in [0.15, 0.2) is 0 Å². The van der Waals surface area contributed by atoms with Gasteiger partial charge in [-0.3, -0.25) is 4.68 Å². The van der Waals surface area contributed by atoms with Crippen molar-refractivity contribution in [3.05, 3.63) is 24.5 Å². The summed E-state index contributed by atoms with van der Waals surface area (Å²) in [5.41, 5.74) is 10.3. The average molecular weight is 313 g/mol. The number of nitrogen functional groups attached to an aromatic ring is 1. The minimum atomic E-state index is 0.572. The first-order chi connectivity index (χ1) is 11.1. The number of methoxy groups -OCH3 is 1. The average Bonchev–Trinajstić information content (AvgIpc) is 2.94. The number of piperidine rings is 1. The van der Waals surface area contributed by atoms with Crippen LogP contribution in [0.5, 0.6) is 5.75 Å². The lowest BCUT2D eigenvalue weighted by molar-refractivity contribution is 0.140. The van der Waals surface area contributed by atoms with Crippen LogP contribution in [0.25, 0.3) is 11.1 Å². The molecule has 2 unspecified atom stereocenters. The first kappa shape index (κ1) is 14.4. The highest BCUT2D eigenvalue weighted by atomic mass is 16.5. The van der Waals surface area contributed by atoms with E-state index in [0.29, 0.717) is 17.8 Å². The molecule has 23 heavy (non-hydrogen) atoms. The van der Waals surface area contributed by atoms with Crippen molar-refractivity contribution >= 4 is 11.4 Å². The minimum Gasteiger partial charge on any atom is -0.495 e. The number of piperazine rings is 1. The number of likely N-dealkylation sites (N-methyl/N-ethyl adjacent to an activating group) is 1. The number of aryl methyl sites for hydroxylation is 1. The predicted octanol–water partition coefficient (Wildman–Crippen LogP) is 1.57. The summed E-state index contributed by atoms with van der Waals surface area (Å²) in [7, 11) is 5.80. The number of hydrogen-bond donors (Lipinski definition) is 1. The summed E-state index contributed by atoms with van der Waals surface area (Å²) in [5, 5.41) is 4.31. The van der Waals surface area contributed by atoms with Crippen LogP contribution in [0.4, 0.5) is 11.4 Å². The lowest BCUT2D eigenvalue weighted by atomic mass is 9.85. The van der Waals surface area contributed by atoms with Gasteiger partial charge in [-0.15, -0.1) is 0 Å². The molecular formula is C17H23N5O. The van der Waals surface area contributed by atoms with Crippen molar-refractivity contribution in [2.24, 2.45) is 7.05 Å². The molecule has 2 saturated heterocycles. The molecule has 2 aliphatic rings. The van der Waals surface area contributed by atoms with Crippen LogP contribution in [0.3, 0.4) is 0 Å². The maximum absolute atomic E-state index is 6.16. The van der Waals surface area contributed by atoms with Gasteiger partial charge in [0.25, 0.3) is 0 Å². The number of nitrogens with zero attached hydrogens (tertiary/aromatic N) is 4. The molecule has 0 amide bonds. The Kier molecular flexibility index (Phi) is 3.23. The molecule has 2 aliphatic heterocycles. The van der Waals surface area contributed by atoms with E-state index in [-0.39, 0.29) is 0 Å². The van der Waals surface area contributed by atoms with Gasteiger partial charge in [0, 0.05) is 61.3 Å². The molecule has 0 aliphatic carbocycles. The van der Waals surface area contributed by atoms with Crippen LogP contribution in [-0.2, 0) is 7.05 Å². The topological polar surface area (TPSA) is 59.5 Å². The van der Waals surface area contributed by atoms with Crippen molar-refractivity contribution in [3.63, 3.8) is 0 Å². The second kappa shape index (κ2) is 5.16. The number of anilines is 2. The predicted molar refractivity (Wildman–Crippen MR) is 91.8 cm³/mol. The third kappa shape index (κ3) is 2.25. The van der Waals surface area contributed by atoms with Gasteiger partial charge in [-0.25, -0.2) is 0 Å². The monoisotopic (exact) mass is 313 g/mol. The Morgan fingerprint density at radius 3 is 2.57 bits per heavy atom. The molecule has 2 atom stereocenters. The van der Waals surface area contributed by atoms with Gasteiger partial charge in [0.2, 0.25) is 0 Å². The maximum Gasteiger partial charge on any atom is 0.143 e. The van der Waals surface area contributed by atoms with Crippen LogP contribution < -0.4 is 15.4 Å². The van der Waals surface area contributed by atoms with Crippen molar-refractivity contribution in [2.45, 2.75) is 18.5 Å². The first-order valence-electron chi connectivity index (χ1n) is 8.00. The van der Waals surface area contributed by atoms with Crippen molar-refractivity contribution in [1.29, 1.82) is 0 Å².